The molecule has 0 radical (unpaired) electrons. The van der Waals surface area contributed by atoms with Crippen LogP contribution in [0.2, 0.25) is 0 Å². The van der Waals surface area contributed by atoms with Crippen LogP contribution in [0.25, 0.3) is 11.1 Å². The van der Waals surface area contributed by atoms with Crippen LogP contribution in [-0.2, 0) is 6.54 Å². The summed E-state index contributed by atoms with van der Waals surface area (Å²) in [7, 11) is 0. The van der Waals surface area contributed by atoms with Gasteiger partial charge in [0, 0.05) is 30.7 Å². The molecule has 1 aromatic carbocycles. The highest BCUT2D eigenvalue weighted by molar-refractivity contribution is 5.63. The summed E-state index contributed by atoms with van der Waals surface area (Å²) in [5.74, 6) is -0.502. The van der Waals surface area contributed by atoms with E-state index in [1.54, 1.807) is 30.6 Å². The Hall–Kier alpha value is -2.73. The van der Waals surface area contributed by atoms with Crippen molar-refractivity contribution in [1.82, 2.24) is 20.3 Å². The van der Waals surface area contributed by atoms with E-state index in [-0.39, 0.29) is 11.6 Å². The summed E-state index contributed by atoms with van der Waals surface area (Å²) in [5.41, 5.74) is 1.11. The first-order chi connectivity index (χ1) is 11.6. The second-order valence-electron chi connectivity index (χ2n) is 5.34. The van der Waals surface area contributed by atoms with Gasteiger partial charge < -0.3 is 5.32 Å². The van der Waals surface area contributed by atoms with Gasteiger partial charge >= 0.3 is 0 Å². The minimum absolute atomic E-state index is 0.0308. The van der Waals surface area contributed by atoms with Crippen molar-refractivity contribution in [3.63, 3.8) is 0 Å². The van der Waals surface area contributed by atoms with Gasteiger partial charge in [0.15, 0.2) is 0 Å². The normalized spacial score (nSPS) is 12.1. The third-order valence-electron chi connectivity index (χ3n) is 3.64. The zero-order chi connectivity index (χ0) is 16.9. The summed E-state index contributed by atoms with van der Waals surface area (Å²) in [6.07, 6.45) is 4.86. The van der Waals surface area contributed by atoms with E-state index in [0.29, 0.717) is 17.9 Å². The molecule has 0 aliphatic heterocycles. The molecule has 0 saturated heterocycles. The van der Waals surface area contributed by atoms with Gasteiger partial charge in [-0.05, 0) is 31.2 Å². The molecule has 0 fully saturated rings. The fourth-order valence-electron chi connectivity index (χ4n) is 2.33. The molecule has 3 rings (SSSR count). The fraction of sp³-hybridized carbons (Fsp3) is 0.167. The minimum atomic E-state index is -0.600. The van der Waals surface area contributed by atoms with Crippen LogP contribution in [0.15, 0.2) is 55.0 Å². The van der Waals surface area contributed by atoms with E-state index >= 15 is 0 Å². The lowest BCUT2D eigenvalue weighted by molar-refractivity contribution is 0.540. The fourth-order valence-corrected chi connectivity index (χ4v) is 2.33. The highest BCUT2D eigenvalue weighted by Gasteiger charge is 2.12. The molecular formula is C18H16F2N4. The smallest absolute Gasteiger partial charge is 0.144 e. The Morgan fingerprint density at radius 2 is 1.67 bits per heavy atom. The summed E-state index contributed by atoms with van der Waals surface area (Å²) < 4.78 is 27.6. The molecule has 4 nitrogen and oxygen atoms in total. The van der Waals surface area contributed by atoms with E-state index in [2.05, 4.69) is 20.3 Å². The first-order valence-electron chi connectivity index (χ1n) is 7.55. The number of benzene rings is 1. The van der Waals surface area contributed by atoms with Crippen LogP contribution < -0.4 is 5.32 Å². The second kappa shape index (κ2) is 7.23. The molecule has 0 spiro atoms. The molecule has 1 N–H and O–H groups in total. The molecule has 1 unspecified atom stereocenters. The van der Waals surface area contributed by atoms with Crippen molar-refractivity contribution in [1.29, 1.82) is 0 Å². The van der Waals surface area contributed by atoms with Gasteiger partial charge in [0.05, 0.1) is 17.3 Å². The largest absolute Gasteiger partial charge is 0.302 e. The predicted molar refractivity (Wildman–Crippen MR) is 86.9 cm³/mol. The molecule has 0 saturated carbocycles. The van der Waals surface area contributed by atoms with Crippen LogP contribution in [0, 0.1) is 11.6 Å². The maximum atomic E-state index is 13.8. The highest BCUT2D eigenvalue weighted by Crippen LogP contribution is 2.25. The van der Waals surface area contributed by atoms with E-state index in [4.69, 9.17) is 0 Å². The topological polar surface area (TPSA) is 50.7 Å². The van der Waals surface area contributed by atoms with Crippen molar-refractivity contribution in [3.05, 3.63) is 78.1 Å². The average molecular weight is 326 g/mol. The standard InChI is InChI=1S/C18H16F2N4/c1-12(18-21-8-3-9-22-18)23-11-14-7-6-13(10-24-14)17-15(19)4-2-5-16(17)20/h2-10,12,23H,11H2,1H3. The first-order valence-corrected chi connectivity index (χ1v) is 7.55. The number of pyridine rings is 1. The van der Waals surface area contributed by atoms with E-state index < -0.39 is 11.6 Å². The molecule has 0 aliphatic carbocycles. The van der Waals surface area contributed by atoms with E-state index in [1.807, 2.05) is 6.92 Å². The Morgan fingerprint density at radius 3 is 2.29 bits per heavy atom. The number of rotatable bonds is 5. The Kier molecular flexibility index (Phi) is 4.86. The number of nitrogens with one attached hydrogen (secondary N) is 1. The van der Waals surface area contributed by atoms with Crippen LogP contribution >= 0.6 is 0 Å². The molecule has 6 heteroatoms. The molecule has 2 heterocycles. The maximum absolute atomic E-state index is 13.8. The van der Waals surface area contributed by atoms with Crippen LogP contribution in [-0.4, -0.2) is 15.0 Å². The average Bonchev–Trinajstić information content (AvgIpc) is 2.61. The Labute approximate surface area is 138 Å². The summed E-state index contributed by atoms with van der Waals surface area (Å²) >= 11 is 0. The van der Waals surface area contributed by atoms with Crippen molar-refractivity contribution in [2.45, 2.75) is 19.5 Å². The van der Waals surface area contributed by atoms with Crippen molar-refractivity contribution in [2.24, 2.45) is 0 Å². The predicted octanol–water partition coefficient (Wildman–Crippen LogP) is 3.67. The number of aromatic nitrogens is 3. The Balaban J connectivity index is 1.69. The van der Waals surface area contributed by atoms with Gasteiger partial charge in [-0.1, -0.05) is 12.1 Å². The quantitative estimate of drug-likeness (QED) is 0.777. The summed E-state index contributed by atoms with van der Waals surface area (Å²) in [5, 5.41) is 3.26. The van der Waals surface area contributed by atoms with Gasteiger partial charge in [-0.15, -0.1) is 0 Å². The Bertz CT molecular complexity index is 787. The molecule has 1 atom stereocenters. The Morgan fingerprint density at radius 1 is 0.958 bits per heavy atom. The number of nitrogens with zero attached hydrogens (tertiary/aromatic N) is 3. The van der Waals surface area contributed by atoms with Crippen molar-refractivity contribution in [3.8, 4) is 11.1 Å². The highest BCUT2D eigenvalue weighted by atomic mass is 19.1. The van der Waals surface area contributed by atoms with Gasteiger partial charge in [-0.25, -0.2) is 18.7 Å². The summed E-state index contributed by atoms with van der Waals surface area (Å²) in [6, 6.07) is 8.94. The molecular weight excluding hydrogens is 310 g/mol. The van der Waals surface area contributed by atoms with Gasteiger partial charge in [0.1, 0.15) is 17.5 Å². The second-order valence-corrected chi connectivity index (χ2v) is 5.34. The van der Waals surface area contributed by atoms with Crippen LogP contribution in [0.1, 0.15) is 24.5 Å². The van der Waals surface area contributed by atoms with Crippen molar-refractivity contribution < 1.29 is 8.78 Å². The lowest BCUT2D eigenvalue weighted by Crippen LogP contribution is -2.20. The SMILES string of the molecule is CC(NCc1ccc(-c2c(F)cccc2F)cn1)c1ncccn1. The number of halogens is 2. The lowest BCUT2D eigenvalue weighted by atomic mass is 10.1. The third kappa shape index (κ3) is 3.60. The summed E-state index contributed by atoms with van der Waals surface area (Å²) in [6.45, 7) is 2.46. The van der Waals surface area contributed by atoms with Crippen LogP contribution in [0.3, 0.4) is 0 Å². The zero-order valence-electron chi connectivity index (χ0n) is 13.1. The van der Waals surface area contributed by atoms with Crippen molar-refractivity contribution >= 4 is 0 Å². The lowest BCUT2D eigenvalue weighted by Gasteiger charge is -2.12. The van der Waals surface area contributed by atoms with E-state index in [9.17, 15) is 8.78 Å². The van der Waals surface area contributed by atoms with Crippen molar-refractivity contribution in [2.75, 3.05) is 0 Å². The molecule has 3 aromatic rings. The number of hydrogen-bond donors (Lipinski definition) is 1. The van der Waals surface area contributed by atoms with Gasteiger partial charge in [0.2, 0.25) is 0 Å². The van der Waals surface area contributed by atoms with Gasteiger partial charge in [-0.3, -0.25) is 4.98 Å². The van der Waals surface area contributed by atoms with E-state index in [1.165, 1.54) is 24.4 Å². The molecule has 0 bridgehead atoms. The third-order valence-corrected chi connectivity index (χ3v) is 3.64. The van der Waals surface area contributed by atoms with E-state index in [0.717, 1.165) is 5.69 Å². The number of hydrogen-bond acceptors (Lipinski definition) is 4. The molecule has 0 aliphatic rings. The molecule has 24 heavy (non-hydrogen) atoms. The molecule has 0 amide bonds. The minimum Gasteiger partial charge on any atom is -0.302 e. The molecule has 2 aromatic heterocycles. The van der Waals surface area contributed by atoms with Gasteiger partial charge in [-0.2, -0.15) is 0 Å². The zero-order valence-corrected chi connectivity index (χ0v) is 13.1. The molecule has 122 valence electrons. The van der Waals surface area contributed by atoms with Crippen LogP contribution in [0.5, 0.6) is 0 Å². The summed E-state index contributed by atoms with van der Waals surface area (Å²) in [4.78, 5) is 12.6. The van der Waals surface area contributed by atoms with Crippen LogP contribution in [0.4, 0.5) is 8.78 Å². The maximum Gasteiger partial charge on any atom is 0.144 e. The first kappa shape index (κ1) is 16.1. The monoisotopic (exact) mass is 326 g/mol. The van der Waals surface area contributed by atoms with Gasteiger partial charge in [0.25, 0.3) is 0 Å².